The van der Waals surface area contributed by atoms with Crippen LogP contribution >= 0.6 is 0 Å². The number of hydrogen-bond acceptors (Lipinski definition) is 13. The van der Waals surface area contributed by atoms with Crippen molar-refractivity contribution in [3.8, 4) is 0 Å². The molecule has 52 heavy (non-hydrogen) atoms. The third-order valence-corrected chi connectivity index (χ3v) is 11.3. The molecule has 294 valence electrons. The molecule has 3 N–H and O–H groups in total. The number of fused-ring (bicyclic) bond motifs is 1. The van der Waals surface area contributed by atoms with E-state index in [1.165, 1.54) is 21.0 Å². The van der Waals surface area contributed by atoms with E-state index in [2.05, 4.69) is 15.7 Å². The third kappa shape index (κ3) is 8.36. The van der Waals surface area contributed by atoms with E-state index in [9.17, 15) is 24.3 Å². The second-order valence-corrected chi connectivity index (χ2v) is 15.5. The number of rotatable bonds is 9. The van der Waals surface area contributed by atoms with Crippen LogP contribution in [-0.4, -0.2) is 131 Å². The minimum atomic E-state index is -3.17. The molecule has 4 rings (SSSR count). The molecule has 0 spiro atoms. The van der Waals surface area contributed by atoms with Crippen molar-refractivity contribution in [3.63, 3.8) is 0 Å². The predicted molar refractivity (Wildman–Crippen MR) is 186 cm³/mol. The van der Waals surface area contributed by atoms with Crippen LogP contribution in [0.15, 0.2) is 12.3 Å². The van der Waals surface area contributed by atoms with Crippen molar-refractivity contribution >= 4 is 23.6 Å². The number of alkyl halides is 1. The number of ketones is 2. The smallest absolute Gasteiger partial charge is 0.408 e. The Balaban J connectivity index is 1.71. The number of aliphatic hydroxyl groups excluding tert-OH is 1. The molecule has 13 atom stereocenters. The predicted octanol–water partition coefficient (Wildman–Crippen LogP) is 2.07. The Kier molecular flexibility index (Phi) is 13.0. The number of aryl methyl sites for hydroxylation is 1. The molecule has 0 bridgehead atoms. The molecular formula is C36H58FN5O10. The number of carbonyl (C=O) groups excluding carboxylic acids is 4. The lowest BCUT2D eigenvalue weighted by Crippen LogP contribution is -2.62. The Morgan fingerprint density at radius 1 is 1.15 bits per heavy atom. The van der Waals surface area contributed by atoms with Crippen LogP contribution in [0.4, 0.5) is 9.18 Å². The van der Waals surface area contributed by atoms with E-state index < -0.39 is 95.3 Å². The van der Waals surface area contributed by atoms with Crippen molar-refractivity contribution in [1.29, 1.82) is 0 Å². The molecule has 0 radical (unpaired) electrons. The zero-order valence-corrected chi connectivity index (χ0v) is 32.3. The quantitative estimate of drug-likeness (QED) is 0.248. The second kappa shape index (κ2) is 16.1. The van der Waals surface area contributed by atoms with Crippen LogP contribution in [0.5, 0.6) is 0 Å². The summed E-state index contributed by atoms with van der Waals surface area (Å²) < 4.78 is 48.5. The van der Waals surface area contributed by atoms with Gasteiger partial charge in [-0.25, -0.2) is 14.0 Å². The molecule has 3 fully saturated rings. The molecule has 1 amide bonds. The molecule has 3 unspecified atom stereocenters. The number of halogens is 1. The number of amides is 1. The summed E-state index contributed by atoms with van der Waals surface area (Å²) in [5, 5.41) is 22.0. The molecule has 1 aromatic rings. The van der Waals surface area contributed by atoms with Gasteiger partial charge in [0.25, 0.3) is 5.67 Å². The molecule has 1 aromatic heterocycles. The minimum absolute atomic E-state index is 0.00711. The van der Waals surface area contributed by atoms with Gasteiger partial charge in [0.05, 0.1) is 29.5 Å². The highest BCUT2D eigenvalue weighted by atomic mass is 19.1. The molecule has 15 nitrogen and oxygen atoms in total. The Morgan fingerprint density at radius 2 is 1.83 bits per heavy atom. The zero-order valence-electron chi connectivity index (χ0n) is 32.3. The molecule has 3 aliphatic rings. The number of methoxy groups -OCH3 is 1. The SMILES string of the molecule is CC[C@H]1OC(=O)[C@@](C)(F)C(=O)[C@H](C)[C@@H](O[C@@H]2OC(CNCc3ccn(C)n3)CC(N(C)C)C2O)[C@](C)(OC)C[C@@H](C)C(=O)[C@H](C)[C@H]2NC(=O)O[C@@]21C. The maximum absolute atomic E-state index is 16.6. The number of carbonyl (C=O) groups is 4. The van der Waals surface area contributed by atoms with E-state index in [4.69, 9.17) is 23.7 Å². The van der Waals surface area contributed by atoms with Gasteiger partial charge in [-0.05, 0) is 60.2 Å². The Bertz CT molecular complexity index is 1460. The molecule has 16 heteroatoms. The fourth-order valence-corrected chi connectivity index (χ4v) is 8.13. The van der Waals surface area contributed by atoms with Gasteiger partial charge in [0.2, 0.25) is 0 Å². The highest BCUT2D eigenvalue weighted by molar-refractivity contribution is 6.07. The number of esters is 1. The van der Waals surface area contributed by atoms with Crippen LogP contribution < -0.4 is 10.6 Å². The van der Waals surface area contributed by atoms with Gasteiger partial charge in [0.15, 0.2) is 17.7 Å². The standard InChI is InChI=1S/C36H58FN5O10/c1-12-25-36(7)28(39-33(47)52-36)20(3)26(43)19(2)16-34(5,48-11)30(21(4)29(45)35(6,37)32(46)50-25)51-31-27(44)24(41(8)9)15-23(49-31)18-38-17-22-13-14-42(10)40-22/h13-14,19-21,23-25,27-28,30-31,38,44H,12,15-18H2,1-11H3,(H,39,47)/t19-,20+,21+,23?,24?,25-,27?,28-,30-,31+,34-,35+,36-/m1/s1. The number of likely N-dealkylation sites (N-methyl/N-ethyl adjacent to an activating group) is 1. The van der Waals surface area contributed by atoms with Crippen molar-refractivity contribution in [1.82, 2.24) is 25.3 Å². The maximum Gasteiger partial charge on any atom is 0.408 e. The normalized spacial score (nSPS) is 40.9. The van der Waals surface area contributed by atoms with Gasteiger partial charge in [0, 0.05) is 57.2 Å². The van der Waals surface area contributed by atoms with Crippen LogP contribution in [0.3, 0.4) is 0 Å². The van der Waals surface area contributed by atoms with Gasteiger partial charge in [-0.1, -0.05) is 27.7 Å². The first-order valence-corrected chi connectivity index (χ1v) is 18.1. The molecular weight excluding hydrogens is 681 g/mol. The summed E-state index contributed by atoms with van der Waals surface area (Å²) >= 11 is 0. The van der Waals surface area contributed by atoms with Gasteiger partial charge in [-0.3, -0.25) is 14.3 Å². The van der Waals surface area contributed by atoms with Crippen LogP contribution in [0.25, 0.3) is 0 Å². The molecule has 3 saturated heterocycles. The first kappa shape index (κ1) is 41.7. The topological polar surface area (TPSA) is 180 Å². The van der Waals surface area contributed by atoms with Gasteiger partial charge in [0.1, 0.15) is 18.0 Å². The van der Waals surface area contributed by atoms with Crippen molar-refractivity contribution < 1.29 is 52.4 Å². The van der Waals surface area contributed by atoms with Crippen LogP contribution in [0.1, 0.15) is 73.4 Å². The Labute approximate surface area is 305 Å². The van der Waals surface area contributed by atoms with Gasteiger partial charge in [-0.15, -0.1) is 0 Å². The van der Waals surface area contributed by atoms with Crippen molar-refractivity contribution in [2.45, 2.75) is 134 Å². The Hall–Kier alpha value is -3.02. The summed E-state index contributed by atoms with van der Waals surface area (Å²) in [6, 6.07) is 0.531. The van der Waals surface area contributed by atoms with E-state index in [-0.39, 0.29) is 18.6 Å². The lowest BCUT2D eigenvalue weighted by molar-refractivity contribution is -0.297. The number of Topliss-reactive ketones (excluding diaryl/α,β-unsaturated/α-hetero) is 2. The van der Waals surface area contributed by atoms with Crippen molar-refractivity contribution in [3.05, 3.63) is 18.0 Å². The van der Waals surface area contributed by atoms with Crippen molar-refractivity contribution in [2.75, 3.05) is 27.7 Å². The summed E-state index contributed by atoms with van der Waals surface area (Å²) in [5.74, 6) is -5.81. The van der Waals surface area contributed by atoms with Gasteiger partial charge in [-0.2, -0.15) is 5.10 Å². The molecule has 0 aliphatic carbocycles. The molecule has 0 aromatic carbocycles. The summed E-state index contributed by atoms with van der Waals surface area (Å²) in [6.45, 7) is 11.3. The molecule has 0 saturated carbocycles. The minimum Gasteiger partial charge on any atom is -0.455 e. The summed E-state index contributed by atoms with van der Waals surface area (Å²) in [7, 11) is 6.86. The fourth-order valence-electron chi connectivity index (χ4n) is 8.13. The van der Waals surface area contributed by atoms with E-state index >= 15 is 4.39 Å². The largest absolute Gasteiger partial charge is 0.455 e. The summed E-state index contributed by atoms with van der Waals surface area (Å²) in [6.07, 6.45) is -3.91. The number of cyclic esters (lactones) is 1. The number of ether oxygens (including phenoxy) is 5. The van der Waals surface area contributed by atoms with E-state index in [0.29, 0.717) is 19.5 Å². The lowest BCUT2D eigenvalue weighted by atomic mass is 9.73. The van der Waals surface area contributed by atoms with E-state index in [1.807, 2.05) is 38.3 Å². The second-order valence-electron chi connectivity index (χ2n) is 15.5. The first-order valence-electron chi connectivity index (χ1n) is 18.1. The summed E-state index contributed by atoms with van der Waals surface area (Å²) in [4.78, 5) is 56.3. The molecule has 3 aliphatic heterocycles. The van der Waals surface area contributed by atoms with Crippen LogP contribution in [0, 0.1) is 17.8 Å². The lowest BCUT2D eigenvalue weighted by Gasteiger charge is -2.47. The van der Waals surface area contributed by atoms with E-state index in [1.54, 1.807) is 32.4 Å². The number of aliphatic hydroxyl groups is 1. The number of nitrogens with zero attached hydrogens (tertiary/aromatic N) is 3. The zero-order chi connectivity index (χ0) is 38.9. The van der Waals surface area contributed by atoms with Gasteiger partial charge < -0.3 is 44.3 Å². The van der Waals surface area contributed by atoms with Crippen molar-refractivity contribution in [2.24, 2.45) is 24.8 Å². The first-order chi connectivity index (χ1) is 24.2. The Morgan fingerprint density at radius 3 is 2.40 bits per heavy atom. The van der Waals surface area contributed by atoms with E-state index in [0.717, 1.165) is 12.6 Å². The average Bonchev–Trinajstić information content (AvgIpc) is 3.65. The third-order valence-electron chi connectivity index (χ3n) is 11.3. The maximum atomic E-state index is 16.6. The van der Waals surface area contributed by atoms with Gasteiger partial charge >= 0.3 is 12.1 Å². The van der Waals surface area contributed by atoms with Crippen LogP contribution in [0.2, 0.25) is 0 Å². The highest BCUT2D eigenvalue weighted by Gasteiger charge is 2.59. The number of alkyl carbamates (subject to hydrolysis) is 1. The number of nitrogens with one attached hydrogen (secondary N) is 2. The van der Waals surface area contributed by atoms with Crippen LogP contribution in [-0.2, 0) is 51.7 Å². The summed E-state index contributed by atoms with van der Waals surface area (Å²) in [5.41, 5.74) is -5.33. The average molecular weight is 740 g/mol. The molecule has 4 heterocycles. The highest BCUT2D eigenvalue weighted by Crippen LogP contribution is 2.41. The number of aromatic nitrogens is 2. The number of hydrogen-bond donors (Lipinski definition) is 3. The monoisotopic (exact) mass is 739 g/mol. The fraction of sp³-hybridized carbons (Fsp3) is 0.806.